The van der Waals surface area contributed by atoms with Crippen LogP contribution in [0, 0.1) is 0 Å². The van der Waals surface area contributed by atoms with E-state index in [4.69, 9.17) is 4.74 Å². The Kier molecular flexibility index (Phi) is 7.03. The third-order valence-corrected chi connectivity index (χ3v) is 8.25. The van der Waals surface area contributed by atoms with Crippen LogP contribution in [-0.2, 0) is 20.9 Å². The van der Waals surface area contributed by atoms with Gasteiger partial charge in [-0.3, -0.25) is 0 Å². The Hall–Kier alpha value is -2.05. The molecule has 2 saturated heterocycles. The second kappa shape index (κ2) is 9.54. The van der Waals surface area contributed by atoms with Crippen molar-refractivity contribution < 1.29 is 31.4 Å². The molecule has 1 spiro atoms. The highest BCUT2D eigenvalue weighted by Gasteiger charge is 2.44. The molecule has 3 heterocycles. The lowest BCUT2D eigenvalue weighted by molar-refractivity contribution is -0.141. The number of pyridine rings is 1. The molecule has 1 aromatic carbocycles. The van der Waals surface area contributed by atoms with Crippen LogP contribution in [0.4, 0.5) is 13.2 Å². The van der Waals surface area contributed by atoms with Crippen molar-refractivity contribution in [1.82, 2.24) is 14.6 Å². The zero-order chi connectivity index (χ0) is 24.6. The van der Waals surface area contributed by atoms with E-state index in [-0.39, 0.29) is 35.3 Å². The van der Waals surface area contributed by atoms with Gasteiger partial charge in [0, 0.05) is 31.2 Å². The smallest absolute Gasteiger partial charge is 0.392 e. The fourth-order valence-electron chi connectivity index (χ4n) is 4.51. The topological polar surface area (TPSA) is 91.8 Å². The van der Waals surface area contributed by atoms with E-state index in [1.165, 1.54) is 34.6 Å². The van der Waals surface area contributed by atoms with E-state index in [0.717, 1.165) is 12.5 Å². The number of ether oxygens (including phenoxy) is 1. The van der Waals surface area contributed by atoms with Crippen molar-refractivity contribution in [2.45, 2.75) is 55.0 Å². The molecule has 2 N–H and O–H groups in total. The summed E-state index contributed by atoms with van der Waals surface area (Å²) in [5.41, 5.74) is -1.06. The number of alkyl halides is 3. The lowest BCUT2D eigenvalue weighted by atomic mass is 9.88. The largest absolute Gasteiger partial charge is 0.433 e. The van der Waals surface area contributed by atoms with E-state index in [2.05, 4.69) is 10.3 Å². The molecule has 2 aliphatic heterocycles. The number of halogens is 3. The van der Waals surface area contributed by atoms with Crippen molar-refractivity contribution in [3.05, 3.63) is 48.2 Å². The highest BCUT2D eigenvalue weighted by atomic mass is 32.2. The van der Waals surface area contributed by atoms with Crippen LogP contribution < -0.4 is 5.32 Å². The average Bonchev–Trinajstić information content (AvgIpc) is 3.20. The molecular weight excluding hydrogens is 471 g/mol. The monoisotopic (exact) mass is 499 g/mol. The first kappa shape index (κ1) is 25.1. The second-order valence-electron chi connectivity index (χ2n) is 8.99. The molecule has 2 aliphatic rings. The predicted molar refractivity (Wildman–Crippen MR) is 119 cm³/mol. The van der Waals surface area contributed by atoms with Crippen LogP contribution in [0.1, 0.15) is 31.9 Å². The summed E-state index contributed by atoms with van der Waals surface area (Å²) >= 11 is 0. The molecule has 2 atom stereocenters. The third-order valence-electron chi connectivity index (χ3n) is 6.35. The minimum absolute atomic E-state index is 0.0176. The Balaban J connectivity index is 1.46. The molecule has 7 nitrogen and oxygen atoms in total. The molecule has 4 rings (SSSR count). The molecule has 1 aromatic heterocycles. The summed E-state index contributed by atoms with van der Waals surface area (Å²) in [5, 5.41) is 12.7. The van der Waals surface area contributed by atoms with E-state index < -0.39 is 28.0 Å². The van der Waals surface area contributed by atoms with E-state index >= 15 is 0 Å². The van der Waals surface area contributed by atoms with Gasteiger partial charge in [0.15, 0.2) is 0 Å². The van der Waals surface area contributed by atoms with E-state index in [9.17, 15) is 26.7 Å². The van der Waals surface area contributed by atoms with Crippen LogP contribution in [0.2, 0.25) is 0 Å². The molecule has 1 unspecified atom stereocenters. The van der Waals surface area contributed by atoms with Gasteiger partial charge in [0.05, 0.1) is 28.9 Å². The molecule has 0 aliphatic carbocycles. The third kappa shape index (κ3) is 5.44. The first-order valence-electron chi connectivity index (χ1n) is 11.2. The van der Waals surface area contributed by atoms with Crippen molar-refractivity contribution >= 4 is 10.0 Å². The number of aromatic nitrogens is 1. The van der Waals surface area contributed by atoms with E-state index in [1.54, 1.807) is 13.0 Å². The van der Waals surface area contributed by atoms with Crippen LogP contribution in [-0.4, -0.2) is 66.8 Å². The molecule has 0 amide bonds. The summed E-state index contributed by atoms with van der Waals surface area (Å²) in [7, 11) is -3.83. The maximum absolute atomic E-state index is 13.3. The zero-order valence-corrected chi connectivity index (χ0v) is 19.6. The summed E-state index contributed by atoms with van der Waals surface area (Å²) in [6.07, 6.45) is -3.19. The lowest BCUT2D eigenvalue weighted by Crippen LogP contribution is -2.47. The number of rotatable bonds is 6. The number of aliphatic hydroxyl groups excluding tert-OH is 1. The Morgan fingerprint density at radius 2 is 1.94 bits per heavy atom. The summed E-state index contributed by atoms with van der Waals surface area (Å²) in [5.74, 6) is 0. The van der Waals surface area contributed by atoms with Crippen LogP contribution in [0.25, 0.3) is 11.3 Å². The molecule has 186 valence electrons. The zero-order valence-electron chi connectivity index (χ0n) is 18.8. The standard InChI is InChI=1S/C23H28F3N3O4S/c1-16(30)14-27-18-13-22(33-15-18)8-10-29(11-9-22)34(31,32)19-5-2-4-17(12-19)20-6-3-7-21(28-20)23(24,25)26/h2-7,12,16,18,27,30H,8-11,13-15H2,1H3/t16?,18-/m1/s1. The Morgan fingerprint density at radius 1 is 1.24 bits per heavy atom. The van der Waals surface area contributed by atoms with Crippen LogP contribution in [0.3, 0.4) is 0 Å². The van der Waals surface area contributed by atoms with Gasteiger partial charge in [0.1, 0.15) is 5.69 Å². The lowest BCUT2D eigenvalue weighted by Gasteiger charge is -2.38. The summed E-state index contributed by atoms with van der Waals surface area (Å²) < 4.78 is 73.1. The number of aliphatic hydroxyl groups is 1. The molecule has 2 fully saturated rings. The number of piperidine rings is 1. The Labute approximate surface area is 197 Å². The summed E-state index contributed by atoms with van der Waals surface area (Å²) in [4.78, 5) is 3.68. The highest BCUT2D eigenvalue weighted by molar-refractivity contribution is 7.89. The predicted octanol–water partition coefficient (Wildman–Crippen LogP) is 3.05. The fraction of sp³-hybridized carbons (Fsp3) is 0.522. The SMILES string of the molecule is CC(O)CN[C@H]1COC2(CCN(S(=O)(=O)c3cccc(-c4cccc(C(F)(F)F)n4)c3)CC2)C1. The summed E-state index contributed by atoms with van der Waals surface area (Å²) in [6, 6.07) is 9.53. The molecular formula is C23H28F3N3O4S. The fourth-order valence-corrected chi connectivity index (χ4v) is 6.00. The van der Waals surface area contributed by atoms with E-state index in [1.807, 2.05) is 0 Å². The van der Waals surface area contributed by atoms with Gasteiger partial charge >= 0.3 is 6.18 Å². The van der Waals surface area contributed by atoms with Crippen molar-refractivity contribution in [1.29, 1.82) is 0 Å². The molecule has 0 saturated carbocycles. The first-order chi connectivity index (χ1) is 16.0. The van der Waals surface area contributed by atoms with Gasteiger partial charge in [0.2, 0.25) is 10.0 Å². The highest BCUT2D eigenvalue weighted by Crippen LogP contribution is 2.38. The van der Waals surface area contributed by atoms with Gasteiger partial charge in [-0.05, 0) is 50.5 Å². The van der Waals surface area contributed by atoms with Crippen LogP contribution >= 0.6 is 0 Å². The molecule has 0 radical (unpaired) electrons. The van der Waals surface area contributed by atoms with Crippen molar-refractivity contribution in [2.24, 2.45) is 0 Å². The molecule has 2 aromatic rings. The van der Waals surface area contributed by atoms with Crippen molar-refractivity contribution in [3.8, 4) is 11.3 Å². The Bertz CT molecular complexity index is 1120. The number of benzene rings is 1. The molecule has 11 heteroatoms. The van der Waals surface area contributed by atoms with Gasteiger partial charge in [-0.1, -0.05) is 18.2 Å². The van der Waals surface area contributed by atoms with Crippen molar-refractivity contribution in [3.63, 3.8) is 0 Å². The van der Waals surface area contributed by atoms with Gasteiger partial charge in [0.25, 0.3) is 0 Å². The minimum atomic E-state index is -4.59. The van der Waals surface area contributed by atoms with Crippen LogP contribution in [0.15, 0.2) is 47.4 Å². The number of sulfonamides is 1. The average molecular weight is 500 g/mol. The first-order valence-corrected chi connectivity index (χ1v) is 12.6. The van der Waals surface area contributed by atoms with Gasteiger partial charge in [-0.15, -0.1) is 0 Å². The number of hydrogen-bond donors (Lipinski definition) is 2. The number of nitrogens with one attached hydrogen (secondary N) is 1. The second-order valence-corrected chi connectivity index (χ2v) is 10.9. The van der Waals surface area contributed by atoms with Gasteiger partial charge < -0.3 is 15.2 Å². The quantitative estimate of drug-likeness (QED) is 0.635. The normalized spacial score (nSPS) is 22.2. The van der Waals surface area contributed by atoms with E-state index in [0.29, 0.717) is 31.6 Å². The van der Waals surface area contributed by atoms with Gasteiger partial charge in [-0.25, -0.2) is 13.4 Å². The van der Waals surface area contributed by atoms with Crippen LogP contribution in [0.5, 0.6) is 0 Å². The maximum atomic E-state index is 13.3. The molecule has 0 bridgehead atoms. The van der Waals surface area contributed by atoms with Gasteiger partial charge in [-0.2, -0.15) is 17.5 Å². The molecule has 34 heavy (non-hydrogen) atoms. The number of nitrogens with zero attached hydrogens (tertiary/aromatic N) is 2. The maximum Gasteiger partial charge on any atom is 0.433 e. The minimum Gasteiger partial charge on any atom is -0.392 e. The summed E-state index contributed by atoms with van der Waals surface area (Å²) in [6.45, 7) is 3.28. The Morgan fingerprint density at radius 3 is 2.62 bits per heavy atom. The number of hydrogen-bond acceptors (Lipinski definition) is 6. The van der Waals surface area contributed by atoms with Crippen molar-refractivity contribution in [2.75, 3.05) is 26.2 Å².